The maximum Gasteiger partial charge on any atom is 0.244 e. The Morgan fingerprint density at radius 2 is 1.88 bits per heavy atom. The minimum absolute atomic E-state index is 0.281. The van der Waals surface area contributed by atoms with Gasteiger partial charge in [0, 0.05) is 38.9 Å². The number of rotatable bonds is 7. The third-order valence-electron chi connectivity index (χ3n) is 4.50. The van der Waals surface area contributed by atoms with Crippen LogP contribution in [0.2, 0.25) is 0 Å². The lowest BCUT2D eigenvalue weighted by Gasteiger charge is -2.26. The molecular formula is C16H26N4O3S. The van der Waals surface area contributed by atoms with Gasteiger partial charge in [-0.1, -0.05) is 0 Å². The van der Waals surface area contributed by atoms with Crippen LogP contribution in [0, 0.1) is 0 Å². The molecule has 1 aromatic heterocycles. The SMILES string of the molecule is O=S(=O)(c1ccc(NCCCN2CCOCC2)nc1)N1CCCC1. The van der Waals surface area contributed by atoms with Gasteiger partial charge in [-0.15, -0.1) is 0 Å². The predicted molar refractivity (Wildman–Crippen MR) is 92.6 cm³/mol. The molecule has 0 aromatic carbocycles. The highest BCUT2D eigenvalue weighted by atomic mass is 32.2. The summed E-state index contributed by atoms with van der Waals surface area (Å²) in [5, 5.41) is 3.25. The van der Waals surface area contributed by atoms with Crippen molar-refractivity contribution in [1.82, 2.24) is 14.2 Å². The van der Waals surface area contributed by atoms with E-state index in [4.69, 9.17) is 4.74 Å². The number of aromatic nitrogens is 1. The van der Waals surface area contributed by atoms with Crippen molar-refractivity contribution in [2.24, 2.45) is 0 Å². The van der Waals surface area contributed by atoms with Crippen LogP contribution in [0.15, 0.2) is 23.2 Å². The summed E-state index contributed by atoms with van der Waals surface area (Å²) in [4.78, 5) is 6.92. The van der Waals surface area contributed by atoms with E-state index in [2.05, 4.69) is 15.2 Å². The molecule has 1 aromatic rings. The molecule has 0 unspecified atom stereocenters. The largest absolute Gasteiger partial charge is 0.379 e. The summed E-state index contributed by atoms with van der Waals surface area (Å²) in [5.74, 6) is 0.720. The van der Waals surface area contributed by atoms with Crippen LogP contribution in [0.3, 0.4) is 0 Å². The van der Waals surface area contributed by atoms with E-state index < -0.39 is 10.0 Å². The molecule has 0 amide bonds. The van der Waals surface area contributed by atoms with Crippen molar-refractivity contribution < 1.29 is 13.2 Å². The van der Waals surface area contributed by atoms with Gasteiger partial charge < -0.3 is 10.1 Å². The number of hydrogen-bond acceptors (Lipinski definition) is 6. The second-order valence-electron chi connectivity index (χ2n) is 6.22. The first-order valence-corrected chi connectivity index (χ1v) is 10.1. The summed E-state index contributed by atoms with van der Waals surface area (Å²) in [7, 11) is -3.37. The van der Waals surface area contributed by atoms with E-state index >= 15 is 0 Å². The topological polar surface area (TPSA) is 74.8 Å². The van der Waals surface area contributed by atoms with Crippen LogP contribution >= 0.6 is 0 Å². The van der Waals surface area contributed by atoms with Crippen molar-refractivity contribution in [2.75, 3.05) is 57.8 Å². The van der Waals surface area contributed by atoms with E-state index in [0.717, 1.165) is 64.5 Å². The molecule has 2 aliphatic heterocycles. The second-order valence-corrected chi connectivity index (χ2v) is 8.16. The van der Waals surface area contributed by atoms with Gasteiger partial charge in [0.2, 0.25) is 10.0 Å². The number of anilines is 1. The van der Waals surface area contributed by atoms with Gasteiger partial charge in [0.1, 0.15) is 10.7 Å². The number of sulfonamides is 1. The molecule has 2 aliphatic rings. The van der Waals surface area contributed by atoms with Gasteiger partial charge in [0.15, 0.2) is 0 Å². The van der Waals surface area contributed by atoms with Gasteiger partial charge in [-0.2, -0.15) is 4.31 Å². The van der Waals surface area contributed by atoms with E-state index in [0.29, 0.717) is 13.1 Å². The molecular weight excluding hydrogens is 328 g/mol. The zero-order valence-electron chi connectivity index (χ0n) is 14.0. The van der Waals surface area contributed by atoms with Crippen molar-refractivity contribution in [3.63, 3.8) is 0 Å². The maximum absolute atomic E-state index is 12.4. The van der Waals surface area contributed by atoms with Gasteiger partial charge in [-0.3, -0.25) is 4.90 Å². The van der Waals surface area contributed by atoms with Crippen LogP contribution in [-0.2, 0) is 14.8 Å². The fourth-order valence-corrected chi connectivity index (χ4v) is 4.52. The number of ether oxygens (including phenoxy) is 1. The molecule has 134 valence electrons. The van der Waals surface area contributed by atoms with Gasteiger partial charge in [0.05, 0.1) is 13.2 Å². The highest BCUT2D eigenvalue weighted by molar-refractivity contribution is 7.89. The summed E-state index contributed by atoms with van der Waals surface area (Å²) in [6.45, 7) is 6.74. The predicted octanol–water partition coefficient (Wildman–Crippen LogP) is 1.00. The lowest BCUT2D eigenvalue weighted by atomic mass is 10.3. The molecule has 24 heavy (non-hydrogen) atoms. The summed E-state index contributed by atoms with van der Waals surface area (Å²) >= 11 is 0. The molecule has 2 saturated heterocycles. The maximum atomic E-state index is 12.4. The lowest BCUT2D eigenvalue weighted by Crippen LogP contribution is -2.37. The van der Waals surface area contributed by atoms with Gasteiger partial charge in [-0.25, -0.2) is 13.4 Å². The first-order valence-electron chi connectivity index (χ1n) is 8.66. The van der Waals surface area contributed by atoms with E-state index in [1.54, 1.807) is 16.4 Å². The zero-order valence-corrected chi connectivity index (χ0v) is 14.8. The van der Waals surface area contributed by atoms with E-state index in [9.17, 15) is 8.42 Å². The van der Waals surface area contributed by atoms with Crippen LogP contribution in [0.25, 0.3) is 0 Å². The van der Waals surface area contributed by atoms with Crippen LogP contribution in [0.1, 0.15) is 19.3 Å². The Kier molecular flexibility index (Phi) is 6.04. The van der Waals surface area contributed by atoms with E-state index in [1.807, 2.05) is 0 Å². The molecule has 0 bridgehead atoms. The Labute approximate surface area is 144 Å². The number of morpholine rings is 1. The second kappa shape index (κ2) is 8.24. The van der Waals surface area contributed by atoms with Crippen molar-refractivity contribution in [1.29, 1.82) is 0 Å². The Hall–Kier alpha value is -1.22. The number of nitrogens with one attached hydrogen (secondary N) is 1. The normalized spacial score (nSPS) is 20.3. The molecule has 7 nitrogen and oxygen atoms in total. The van der Waals surface area contributed by atoms with E-state index in [-0.39, 0.29) is 4.90 Å². The van der Waals surface area contributed by atoms with Crippen LogP contribution in [0.5, 0.6) is 0 Å². The fourth-order valence-electron chi connectivity index (χ4n) is 3.06. The number of hydrogen-bond donors (Lipinski definition) is 1. The molecule has 2 fully saturated rings. The molecule has 3 heterocycles. The zero-order chi connectivity index (χ0) is 16.8. The third-order valence-corrected chi connectivity index (χ3v) is 6.38. The fraction of sp³-hybridized carbons (Fsp3) is 0.688. The number of pyridine rings is 1. The lowest BCUT2D eigenvalue weighted by molar-refractivity contribution is 0.0378. The molecule has 1 N–H and O–H groups in total. The Morgan fingerprint density at radius 3 is 2.54 bits per heavy atom. The molecule has 3 rings (SSSR count). The minimum atomic E-state index is -3.37. The van der Waals surface area contributed by atoms with Crippen molar-refractivity contribution >= 4 is 15.8 Å². The van der Waals surface area contributed by atoms with Crippen molar-refractivity contribution in [3.05, 3.63) is 18.3 Å². The van der Waals surface area contributed by atoms with Crippen molar-refractivity contribution in [2.45, 2.75) is 24.2 Å². The van der Waals surface area contributed by atoms with Crippen LogP contribution in [0.4, 0.5) is 5.82 Å². The summed E-state index contributed by atoms with van der Waals surface area (Å²) in [6, 6.07) is 3.39. The van der Waals surface area contributed by atoms with Gasteiger partial charge in [0.25, 0.3) is 0 Å². The van der Waals surface area contributed by atoms with Gasteiger partial charge >= 0.3 is 0 Å². The highest BCUT2D eigenvalue weighted by Gasteiger charge is 2.27. The highest BCUT2D eigenvalue weighted by Crippen LogP contribution is 2.20. The Bertz CT molecular complexity index is 609. The van der Waals surface area contributed by atoms with Crippen LogP contribution < -0.4 is 5.32 Å². The average Bonchev–Trinajstić information content (AvgIpc) is 3.16. The van der Waals surface area contributed by atoms with Crippen LogP contribution in [-0.4, -0.2) is 75.1 Å². The smallest absolute Gasteiger partial charge is 0.244 e. The summed E-state index contributed by atoms with van der Waals surface area (Å²) < 4.78 is 31.7. The standard InChI is InChI=1S/C16H26N4O3S/c21-24(22,20-8-1-2-9-20)15-4-5-16(18-14-15)17-6-3-7-19-10-12-23-13-11-19/h4-5,14H,1-3,6-13H2,(H,17,18). The molecule has 0 spiro atoms. The molecule has 8 heteroatoms. The quantitative estimate of drug-likeness (QED) is 0.737. The van der Waals surface area contributed by atoms with E-state index in [1.165, 1.54) is 6.20 Å². The Balaban J connectivity index is 1.46. The Morgan fingerprint density at radius 1 is 1.12 bits per heavy atom. The third kappa shape index (κ3) is 4.44. The minimum Gasteiger partial charge on any atom is -0.379 e. The molecule has 0 radical (unpaired) electrons. The summed E-state index contributed by atoms with van der Waals surface area (Å²) in [6.07, 6.45) is 4.36. The molecule has 0 atom stereocenters. The summed E-state index contributed by atoms with van der Waals surface area (Å²) in [5.41, 5.74) is 0. The molecule has 0 saturated carbocycles. The van der Waals surface area contributed by atoms with Crippen molar-refractivity contribution in [3.8, 4) is 0 Å². The molecule has 0 aliphatic carbocycles. The number of nitrogens with zero attached hydrogens (tertiary/aromatic N) is 3. The first kappa shape index (κ1) is 17.6. The monoisotopic (exact) mass is 354 g/mol. The van der Waals surface area contributed by atoms with Gasteiger partial charge in [-0.05, 0) is 37.9 Å². The first-order chi connectivity index (χ1) is 11.7. The average molecular weight is 354 g/mol.